The Morgan fingerprint density at radius 3 is 2.44 bits per heavy atom. The molecule has 0 fully saturated rings. The first-order valence-electron chi connectivity index (χ1n) is 4.99. The van der Waals surface area contributed by atoms with Gasteiger partial charge in [0.15, 0.2) is 5.69 Å². The largest absolute Gasteiger partial charge is 0.434 e. The quantitative estimate of drug-likeness (QED) is 0.864. The molecule has 0 amide bonds. The molecule has 1 aromatic rings. The Morgan fingerprint density at radius 1 is 1.31 bits per heavy atom. The summed E-state index contributed by atoms with van der Waals surface area (Å²) in [7, 11) is 1.84. The van der Waals surface area contributed by atoms with Gasteiger partial charge in [0.05, 0.1) is 11.9 Å². The van der Waals surface area contributed by atoms with Crippen LogP contribution in [0, 0.1) is 0 Å². The van der Waals surface area contributed by atoms with E-state index in [-0.39, 0.29) is 0 Å². The van der Waals surface area contributed by atoms with Gasteiger partial charge in [-0.05, 0) is 26.8 Å². The minimum absolute atomic E-state index is 0.309. The van der Waals surface area contributed by atoms with E-state index in [9.17, 15) is 13.2 Å². The van der Waals surface area contributed by atoms with Gasteiger partial charge in [-0.25, -0.2) is 4.98 Å². The lowest BCUT2D eigenvalue weighted by Gasteiger charge is -2.09. The van der Waals surface area contributed by atoms with Gasteiger partial charge in [-0.2, -0.15) is 13.2 Å². The smallest absolute Gasteiger partial charge is 0.317 e. The van der Waals surface area contributed by atoms with Crippen LogP contribution in [0.25, 0.3) is 0 Å². The molecule has 6 heteroatoms. The van der Waals surface area contributed by atoms with Crippen LogP contribution in [-0.2, 0) is 12.6 Å². The summed E-state index contributed by atoms with van der Waals surface area (Å²) in [6.07, 6.45) is -1.02. The van der Waals surface area contributed by atoms with Crippen LogP contribution in [0.15, 0.2) is 12.4 Å². The highest BCUT2D eigenvalue weighted by atomic mass is 19.4. The molecule has 90 valence electrons. The third kappa shape index (κ3) is 3.77. The van der Waals surface area contributed by atoms with Gasteiger partial charge in [0.25, 0.3) is 0 Å². The summed E-state index contributed by atoms with van der Waals surface area (Å²) in [5, 5.41) is 3.04. The van der Waals surface area contributed by atoms with E-state index in [4.69, 9.17) is 0 Å². The summed E-state index contributed by atoms with van der Waals surface area (Å²) < 4.78 is 36.5. The zero-order chi connectivity index (χ0) is 12.2. The number of nitrogens with zero attached hydrogens (tertiary/aromatic N) is 2. The Morgan fingerprint density at radius 2 is 2.00 bits per heavy atom. The molecule has 0 aromatic carbocycles. The average molecular weight is 233 g/mol. The number of nitrogens with one attached hydrogen (secondary N) is 1. The van der Waals surface area contributed by atoms with Gasteiger partial charge < -0.3 is 5.32 Å². The molecule has 0 saturated carbocycles. The molecule has 0 saturated heterocycles. The molecular weight excluding hydrogens is 219 g/mol. The van der Waals surface area contributed by atoms with Gasteiger partial charge in [-0.15, -0.1) is 0 Å². The van der Waals surface area contributed by atoms with Crippen molar-refractivity contribution in [2.24, 2.45) is 0 Å². The molecule has 0 unspecified atom stereocenters. The maximum Gasteiger partial charge on any atom is 0.434 e. The van der Waals surface area contributed by atoms with E-state index in [0.29, 0.717) is 18.2 Å². The predicted molar refractivity (Wildman–Crippen MR) is 53.9 cm³/mol. The predicted octanol–water partition coefficient (Wildman–Crippen LogP) is 2.04. The minimum Gasteiger partial charge on any atom is -0.317 e. The molecule has 0 spiro atoms. The second-order valence-electron chi connectivity index (χ2n) is 3.62. The molecule has 16 heavy (non-hydrogen) atoms. The first-order chi connectivity index (χ1) is 7.43. The fourth-order valence-corrected chi connectivity index (χ4v) is 1.14. The molecule has 1 aromatic heterocycles. The van der Waals surface area contributed by atoms with Crippen LogP contribution in [0.2, 0.25) is 0 Å². The topological polar surface area (TPSA) is 37.8 Å². The molecule has 0 radical (unpaired) electrons. The molecule has 1 heterocycles. The van der Waals surface area contributed by atoms with Crippen LogP contribution in [0.1, 0.15) is 24.7 Å². The zero-order valence-electron chi connectivity index (χ0n) is 9.17. The highest BCUT2D eigenvalue weighted by Crippen LogP contribution is 2.26. The van der Waals surface area contributed by atoms with Gasteiger partial charge in [0.2, 0.25) is 0 Å². The first kappa shape index (κ1) is 12.9. The molecule has 1 N–H and O–H groups in total. The molecule has 0 bridgehead atoms. The summed E-state index contributed by atoms with van der Waals surface area (Å²) in [5.74, 6) is 0. The normalized spacial score (nSPS) is 13.8. The number of halogens is 3. The maximum absolute atomic E-state index is 12.2. The zero-order valence-corrected chi connectivity index (χ0v) is 9.17. The Bertz CT molecular complexity index is 321. The van der Waals surface area contributed by atoms with Crippen LogP contribution < -0.4 is 5.32 Å². The van der Waals surface area contributed by atoms with Crippen molar-refractivity contribution in [2.45, 2.75) is 32.0 Å². The maximum atomic E-state index is 12.2. The lowest BCUT2D eigenvalue weighted by molar-refractivity contribution is -0.141. The monoisotopic (exact) mass is 233 g/mol. The Kier molecular flexibility index (Phi) is 4.23. The van der Waals surface area contributed by atoms with Crippen LogP contribution in [0.5, 0.6) is 0 Å². The fourth-order valence-electron chi connectivity index (χ4n) is 1.14. The third-order valence-electron chi connectivity index (χ3n) is 2.32. The van der Waals surface area contributed by atoms with Crippen molar-refractivity contribution in [2.75, 3.05) is 7.05 Å². The average Bonchev–Trinajstić information content (AvgIpc) is 2.25. The fraction of sp³-hybridized carbons (Fsp3) is 0.600. The summed E-state index contributed by atoms with van der Waals surface area (Å²) in [5.41, 5.74) is -0.368. The van der Waals surface area contributed by atoms with E-state index < -0.39 is 11.9 Å². The van der Waals surface area contributed by atoms with Crippen molar-refractivity contribution in [1.29, 1.82) is 0 Å². The number of alkyl halides is 3. The minimum atomic E-state index is -4.41. The van der Waals surface area contributed by atoms with Crippen molar-refractivity contribution in [3.05, 3.63) is 23.8 Å². The Hall–Kier alpha value is -1.17. The van der Waals surface area contributed by atoms with Crippen molar-refractivity contribution >= 4 is 0 Å². The second kappa shape index (κ2) is 5.25. The summed E-state index contributed by atoms with van der Waals surface area (Å²) >= 11 is 0. The summed E-state index contributed by atoms with van der Waals surface area (Å²) in [4.78, 5) is 7.09. The molecule has 0 aliphatic carbocycles. The lowest BCUT2D eigenvalue weighted by atomic mass is 10.1. The van der Waals surface area contributed by atoms with Gasteiger partial charge in [0, 0.05) is 12.2 Å². The van der Waals surface area contributed by atoms with E-state index in [1.165, 1.54) is 6.20 Å². The van der Waals surface area contributed by atoms with E-state index in [1.807, 2.05) is 14.0 Å². The van der Waals surface area contributed by atoms with Crippen molar-refractivity contribution in [1.82, 2.24) is 15.3 Å². The molecule has 1 rings (SSSR count). The van der Waals surface area contributed by atoms with E-state index in [0.717, 1.165) is 12.6 Å². The number of aryl methyl sites for hydroxylation is 1. The SMILES string of the molecule is CN[C@@H](C)CCc1cnc(C(F)(F)F)cn1. The Labute approximate surface area is 92.1 Å². The Balaban J connectivity index is 2.58. The standard InChI is InChI=1S/C10H14F3N3/c1-7(14-2)3-4-8-5-16-9(6-15-8)10(11,12)13/h5-7,14H,3-4H2,1-2H3/t7-/m0/s1. The van der Waals surface area contributed by atoms with Crippen molar-refractivity contribution < 1.29 is 13.2 Å². The van der Waals surface area contributed by atoms with Gasteiger partial charge in [-0.3, -0.25) is 4.98 Å². The van der Waals surface area contributed by atoms with Crippen LogP contribution in [0.4, 0.5) is 13.2 Å². The number of hydrogen-bond donors (Lipinski definition) is 1. The highest BCUT2D eigenvalue weighted by Gasteiger charge is 2.32. The molecule has 0 aliphatic heterocycles. The molecule has 3 nitrogen and oxygen atoms in total. The van der Waals surface area contributed by atoms with E-state index in [2.05, 4.69) is 15.3 Å². The van der Waals surface area contributed by atoms with E-state index in [1.54, 1.807) is 0 Å². The number of aromatic nitrogens is 2. The lowest BCUT2D eigenvalue weighted by Crippen LogP contribution is -2.21. The molecular formula is C10H14F3N3. The van der Waals surface area contributed by atoms with Crippen molar-refractivity contribution in [3.63, 3.8) is 0 Å². The summed E-state index contributed by atoms with van der Waals surface area (Å²) in [6.45, 7) is 2.00. The van der Waals surface area contributed by atoms with Gasteiger partial charge in [0.1, 0.15) is 0 Å². The van der Waals surface area contributed by atoms with Crippen LogP contribution in [0.3, 0.4) is 0 Å². The molecule has 1 atom stereocenters. The summed E-state index contributed by atoms with van der Waals surface area (Å²) in [6, 6.07) is 0.309. The number of rotatable bonds is 4. The number of hydrogen-bond acceptors (Lipinski definition) is 3. The van der Waals surface area contributed by atoms with Gasteiger partial charge >= 0.3 is 6.18 Å². The highest BCUT2D eigenvalue weighted by molar-refractivity contribution is 5.05. The van der Waals surface area contributed by atoms with Crippen molar-refractivity contribution in [3.8, 4) is 0 Å². The van der Waals surface area contributed by atoms with E-state index >= 15 is 0 Å². The van der Waals surface area contributed by atoms with Crippen LogP contribution in [-0.4, -0.2) is 23.1 Å². The third-order valence-corrected chi connectivity index (χ3v) is 2.32. The molecule has 0 aliphatic rings. The van der Waals surface area contributed by atoms with Gasteiger partial charge in [-0.1, -0.05) is 0 Å². The van der Waals surface area contributed by atoms with Crippen LogP contribution >= 0.6 is 0 Å². The second-order valence-corrected chi connectivity index (χ2v) is 3.62. The first-order valence-corrected chi connectivity index (χ1v) is 4.99.